The van der Waals surface area contributed by atoms with Crippen LogP contribution in [-0.2, 0) is 14.6 Å². The lowest BCUT2D eigenvalue weighted by molar-refractivity contribution is -0.124. The molecule has 1 aliphatic rings. The predicted molar refractivity (Wildman–Crippen MR) is 95.8 cm³/mol. The third-order valence-corrected chi connectivity index (χ3v) is 6.05. The van der Waals surface area contributed by atoms with E-state index in [9.17, 15) is 13.2 Å². The van der Waals surface area contributed by atoms with E-state index >= 15 is 0 Å². The van der Waals surface area contributed by atoms with E-state index in [1.807, 2.05) is 6.07 Å². The number of carbonyl (C=O) groups is 1. The Balaban J connectivity index is 1.74. The third kappa shape index (κ3) is 4.08. The number of amides is 1. The zero-order chi connectivity index (χ0) is 18.0. The number of halogens is 1. The maximum Gasteiger partial charge on any atom is 0.244 e. The standard InChI is InChI=1S/C16H16ClN3O4S/c1-24-13-2-3-14-11(7-13)6-12(15(17)19-14)8-18-20-16(21)10-4-5-25(22,23)9-10/h2-3,6-8,10H,4-5,9H2,1H3,(H,20,21)/b18-8-/t10-/m0/s1. The van der Waals surface area contributed by atoms with Crippen LogP contribution in [0.1, 0.15) is 12.0 Å². The zero-order valence-corrected chi connectivity index (χ0v) is 15.0. The Bertz CT molecular complexity index is 959. The average molecular weight is 382 g/mol. The molecule has 25 heavy (non-hydrogen) atoms. The molecule has 0 bridgehead atoms. The summed E-state index contributed by atoms with van der Waals surface area (Å²) in [4.78, 5) is 16.2. The molecule has 0 spiro atoms. The summed E-state index contributed by atoms with van der Waals surface area (Å²) in [5.74, 6) is -0.375. The van der Waals surface area contributed by atoms with Crippen LogP contribution in [0.15, 0.2) is 29.4 Å². The lowest BCUT2D eigenvalue weighted by atomic mass is 10.1. The molecule has 0 unspecified atom stereocenters. The van der Waals surface area contributed by atoms with Crippen LogP contribution in [0.4, 0.5) is 0 Å². The number of nitrogens with one attached hydrogen (secondary N) is 1. The molecule has 0 radical (unpaired) electrons. The number of hydrogen-bond donors (Lipinski definition) is 1. The Morgan fingerprint density at radius 1 is 1.44 bits per heavy atom. The van der Waals surface area contributed by atoms with Crippen LogP contribution in [0.5, 0.6) is 5.75 Å². The maximum absolute atomic E-state index is 11.9. The first-order valence-electron chi connectivity index (χ1n) is 7.55. The van der Waals surface area contributed by atoms with Gasteiger partial charge in [-0.1, -0.05) is 11.6 Å². The van der Waals surface area contributed by atoms with Crippen molar-refractivity contribution in [3.8, 4) is 5.75 Å². The van der Waals surface area contributed by atoms with Crippen molar-refractivity contribution in [1.82, 2.24) is 10.4 Å². The summed E-state index contributed by atoms with van der Waals surface area (Å²) in [7, 11) is -1.54. The number of aromatic nitrogens is 1. The van der Waals surface area contributed by atoms with Crippen molar-refractivity contribution < 1.29 is 17.9 Å². The molecule has 1 aromatic heterocycles. The van der Waals surface area contributed by atoms with Gasteiger partial charge in [-0.3, -0.25) is 4.79 Å². The van der Waals surface area contributed by atoms with Gasteiger partial charge in [-0.2, -0.15) is 5.10 Å². The van der Waals surface area contributed by atoms with Gasteiger partial charge in [-0.05, 0) is 30.7 Å². The average Bonchev–Trinajstić information content (AvgIpc) is 2.95. The molecule has 2 heterocycles. The fourth-order valence-electron chi connectivity index (χ4n) is 2.62. The molecule has 1 amide bonds. The number of nitrogens with zero attached hydrogens (tertiary/aromatic N) is 2. The summed E-state index contributed by atoms with van der Waals surface area (Å²) in [5, 5.41) is 4.94. The number of fused-ring (bicyclic) bond motifs is 1. The molecule has 2 aromatic rings. The van der Waals surface area contributed by atoms with Gasteiger partial charge in [0.25, 0.3) is 0 Å². The molecular formula is C16H16ClN3O4S. The van der Waals surface area contributed by atoms with E-state index in [1.54, 1.807) is 25.3 Å². The van der Waals surface area contributed by atoms with Crippen molar-refractivity contribution in [3.05, 3.63) is 35.0 Å². The summed E-state index contributed by atoms with van der Waals surface area (Å²) < 4.78 is 28.0. The van der Waals surface area contributed by atoms with E-state index in [1.165, 1.54) is 6.21 Å². The molecule has 7 nitrogen and oxygen atoms in total. The van der Waals surface area contributed by atoms with E-state index in [-0.39, 0.29) is 16.7 Å². The molecular weight excluding hydrogens is 366 g/mol. The third-order valence-electron chi connectivity index (χ3n) is 3.98. The van der Waals surface area contributed by atoms with Crippen molar-refractivity contribution in [3.63, 3.8) is 0 Å². The first kappa shape index (κ1) is 17.6. The van der Waals surface area contributed by atoms with Gasteiger partial charge in [0.15, 0.2) is 9.84 Å². The predicted octanol–water partition coefficient (Wildman–Crippen LogP) is 1.78. The summed E-state index contributed by atoms with van der Waals surface area (Å²) in [6, 6.07) is 7.18. The largest absolute Gasteiger partial charge is 0.497 e. The number of hydrogen-bond acceptors (Lipinski definition) is 6. The number of rotatable bonds is 4. The lowest BCUT2D eigenvalue weighted by Gasteiger charge is -2.06. The monoisotopic (exact) mass is 381 g/mol. The first-order valence-corrected chi connectivity index (χ1v) is 9.75. The van der Waals surface area contributed by atoms with E-state index < -0.39 is 21.7 Å². The van der Waals surface area contributed by atoms with Gasteiger partial charge in [0, 0.05) is 10.9 Å². The molecule has 0 aliphatic carbocycles. The fraction of sp³-hybridized carbons (Fsp3) is 0.312. The van der Waals surface area contributed by atoms with E-state index in [0.29, 0.717) is 23.3 Å². The van der Waals surface area contributed by atoms with Crippen LogP contribution >= 0.6 is 11.6 Å². The summed E-state index contributed by atoms with van der Waals surface area (Å²) >= 11 is 6.13. The molecule has 132 valence electrons. The first-order chi connectivity index (χ1) is 11.9. The van der Waals surface area contributed by atoms with Crippen molar-refractivity contribution in [2.45, 2.75) is 6.42 Å². The van der Waals surface area contributed by atoms with Gasteiger partial charge in [-0.25, -0.2) is 18.8 Å². The van der Waals surface area contributed by atoms with Crippen LogP contribution in [0.25, 0.3) is 10.9 Å². The van der Waals surface area contributed by atoms with Gasteiger partial charge in [0.05, 0.1) is 36.3 Å². The molecule has 1 atom stereocenters. The Hall–Kier alpha value is -2.19. The Labute approximate surface area is 150 Å². The van der Waals surface area contributed by atoms with Gasteiger partial charge in [-0.15, -0.1) is 0 Å². The summed E-state index contributed by atoms with van der Waals surface area (Å²) in [5.41, 5.74) is 3.60. The number of ether oxygens (including phenoxy) is 1. The van der Waals surface area contributed by atoms with Crippen LogP contribution < -0.4 is 10.2 Å². The number of benzene rings is 1. The Kier molecular flexibility index (Phi) is 4.91. The SMILES string of the molecule is COc1ccc2nc(Cl)c(/C=N\NC(=O)[C@H]3CCS(=O)(=O)C3)cc2c1. The Morgan fingerprint density at radius 2 is 2.24 bits per heavy atom. The van der Waals surface area contributed by atoms with E-state index in [4.69, 9.17) is 16.3 Å². The normalized spacial score (nSPS) is 19.4. The van der Waals surface area contributed by atoms with Gasteiger partial charge >= 0.3 is 0 Å². The van der Waals surface area contributed by atoms with Crippen LogP contribution in [-0.4, -0.2) is 44.1 Å². The second kappa shape index (κ2) is 6.97. The molecule has 1 N–H and O–H groups in total. The number of carbonyl (C=O) groups excluding carboxylic acids is 1. The lowest BCUT2D eigenvalue weighted by Crippen LogP contribution is -2.27. The molecule has 1 fully saturated rings. The number of pyridine rings is 1. The second-order valence-corrected chi connectivity index (χ2v) is 8.35. The van der Waals surface area contributed by atoms with Crippen molar-refractivity contribution in [2.75, 3.05) is 18.6 Å². The highest BCUT2D eigenvalue weighted by molar-refractivity contribution is 7.91. The van der Waals surface area contributed by atoms with Crippen LogP contribution in [0.3, 0.4) is 0 Å². The molecule has 9 heteroatoms. The van der Waals surface area contributed by atoms with Gasteiger partial charge in [0.2, 0.25) is 5.91 Å². The smallest absolute Gasteiger partial charge is 0.244 e. The molecule has 1 aliphatic heterocycles. The summed E-state index contributed by atoms with van der Waals surface area (Å²) in [6.45, 7) is 0. The van der Waals surface area contributed by atoms with Crippen LogP contribution in [0.2, 0.25) is 5.15 Å². The van der Waals surface area contributed by atoms with Crippen LogP contribution in [0, 0.1) is 5.92 Å². The van der Waals surface area contributed by atoms with E-state index in [0.717, 1.165) is 5.39 Å². The van der Waals surface area contributed by atoms with E-state index in [2.05, 4.69) is 15.5 Å². The number of hydrazone groups is 1. The topological polar surface area (TPSA) is 97.7 Å². The summed E-state index contributed by atoms with van der Waals surface area (Å²) in [6.07, 6.45) is 1.71. The number of sulfone groups is 1. The number of methoxy groups -OCH3 is 1. The molecule has 1 saturated heterocycles. The molecule has 3 rings (SSSR count). The molecule has 0 saturated carbocycles. The van der Waals surface area contributed by atoms with Crippen molar-refractivity contribution >= 4 is 44.5 Å². The highest BCUT2D eigenvalue weighted by Crippen LogP contribution is 2.23. The fourth-order valence-corrected chi connectivity index (χ4v) is 4.56. The van der Waals surface area contributed by atoms with Crippen molar-refractivity contribution in [2.24, 2.45) is 11.0 Å². The van der Waals surface area contributed by atoms with Gasteiger partial charge in [0.1, 0.15) is 10.9 Å². The molecule has 1 aromatic carbocycles. The zero-order valence-electron chi connectivity index (χ0n) is 13.4. The highest BCUT2D eigenvalue weighted by atomic mass is 35.5. The van der Waals surface area contributed by atoms with Gasteiger partial charge < -0.3 is 4.74 Å². The Morgan fingerprint density at radius 3 is 2.92 bits per heavy atom. The second-order valence-electron chi connectivity index (χ2n) is 5.76. The van der Waals surface area contributed by atoms with Crippen molar-refractivity contribution in [1.29, 1.82) is 0 Å². The quantitative estimate of drug-likeness (QED) is 0.494. The maximum atomic E-state index is 11.9. The minimum atomic E-state index is -3.11. The highest BCUT2D eigenvalue weighted by Gasteiger charge is 2.32. The minimum Gasteiger partial charge on any atom is -0.497 e. The minimum absolute atomic E-state index is 0.0387.